The van der Waals surface area contributed by atoms with E-state index in [4.69, 9.17) is 5.11 Å². The normalized spacial score (nSPS) is 11.0. The minimum atomic E-state index is -3.44. The third kappa shape index (κ3) is 5.36. The van der Waals surface area contributed by atoms with Gasteiger partial charge in [-0.25, -0.2) is 27.1 Å². The van der Waals surface area contributed by atoms with Gasteiger partial charge in [-0.3, -0.25) is 0 Å². The van der Waals surface area contributed by atoms with Gasteiger partial charge in [-0.05, 0) is 25.2 Å². The standard InChI is InChI=1S/C11H14FN3O5S/c1-13-21(19,20)5-4-14-11(18)15-9-3-2-7(10(16)17)6-8(9)12/h2-3,6,13H,4-5H2,1H3,(H,16,17)(H2,14,15,18). The Bertz CT molecular complexity index is 647. The molecule has 0 saturated carbocycles. The summed E-state index contributed by atoms with van der Waals surface area (Å²) in [6.07, 6.45) is 0. The number of urea groups is 1. The number of carbonyl (C=O) groups is 2. The van der Waals surface area contributed by atoms with Gasteiger partial charge in [-0.15, -0.1) is 0 Å². The van der Waals surface area contributed by atoms with Crippen LogP contribution in [0.3, 0.4) is 0 Å². The molecule has 0 saturated heterocycles. The van der Waals surface area contributed by atoms with E-state index in [1.807, 2.05) is 0 Å². The first-order valence-corrected chi connectivity index (χ1v) is 7.39. The van der Waals surface area contributed by atoms with Crippen LogP contribution in [0.2, 0.25) is 0 Å². The van der Waals surface area contributed by atoms with Gasteiger partial charge in [0.05, 0.1) is 17.0 Å². The number of hydrogen-bond acceptors (Lipinski definition) is 4. The second-order valence-corrected chi connectivity index (χ2v) is 5.95. The molecule has 21 heavy (non-hydrogen) atoms. The molecule has 10 heteroatoms. The van der Waals surface area contributed by atoms with E-state index < -0.39 is 27.8 Å². The zero-order valence-corrected chi connectivity index (χ0v) is 11.8. The van der Waals surface area contributed by atoms with Gasteiger partial charge in [0.1, 0.15) is 5.82 Å². The van der Waals surface area contributed by atoms with Gasteiger partial charge < -0.3 is 15.7 Å². The van der Waals surface area contributed by atoms with Crippen molar-refractivity contribution in [3.8, 4) is 0 Å². The molecule has 1 rings (SSSR count). The first-order chi connectivity index (χ1) is 9.75. The molecule has 0 aromatic heterocycles. The number of benzene rings is 1. The number of carboxylic acids is 1. The van der Waals surface area contributed by atoms with Crippen molar-refractivity contribution in [2.24, 2.45) is 0 Å². The molecule has 0 radical (unpaired) electrons. The molecule has 0 bridgehead atoms. The molecule has 0 atom stereocenters. The van der Waals surface area contributed by atoms with Crippen molar-refractivity contribution in [3.05, 3.63) is 29.6 Å². The van der Waals surface area contributed by atoms with Crippen molar-refractivity contribution < 1.29 is 27.5 Å². The zero-order valence-electron chi connectivity index (χ0n) is 11.0. The molecule has 8 nitrogen and oxygen atoms in total. The average molecular weight is 319 g/mol. The number of carbonyl (C=O) groups excluding carboxylic acids is 1. The summed E-state index contributed by atoms with van der Waals surface area (Å²) in [5, 5.41) is 13.0. The predicted octanol–water partition coefficient (Wildman–Crippen LogP) is 0.195. The SMILES string of the molecule is CNS(=O)(=O)CCNC(=O)Nc1ccc(C(=O)O)cc1F. The molecule has 116 valence electrons. The topological polar surface area (TPSA) is 125 Å². The number of sulfonamides is 1. The first kappa shape index (κ1) is 16.9. The van der Waals surface area contributed by atoms with Crippen LogP contribution in [-0.2, 0) is 10.0 Å². The molecule has 1 aromatic carbocycles. The van der Waals surface area contributed by atoms with E-state index in [0.29, 0.717) is 0 Å². The van der Waals surface area contributed by atoms with Gasteiger partial charge in [-0.1, -0.05) is 0 Å². The fourth-order valence-corrected chi connectivity index (χ4v) is 1.89. The van der Waals surface area contributed by atoms with Crippen LogP contribution < -0.4 is 15.4 Å². The van der Waals surface area contributed by atoms with Crippen LogP contribution in [-0.4, -0.2) is 44.9 Å². The maximum absolute atomic E-state index is 13.5. The molecule has 0 fully saturated rings. The minimum Gasteiger partial charge on any atom is -0.478 e. The zero-order chi connectivity index (χ0) is 16.0. The highest BCUT2D eigenvalue weighted by molar-refractivity contribution is 7.89. The van der Waals surface area contributed by atoms with Gasteiger partial charge in [0.25, 0.3) is 0 Å². The van der Waals surface area contributed by atoms with Crippen molar-refractivity contribution in [1.29, 1.82) is 0 Å². The van der Waals surface area contributed by atoms with Crippen LogP contribution in [0.15, 0.2) is 18.2 Å². The minimum absolute atomic E-state index is 0.163. The lowest BCUT2D eigenvalue weighted by molar-refractivity contribution is 0.0696. The van der Waals surface area contributed by atoms with E-state index in [9.17, 15) is 22.4 Å². The summed E-state index contributed by atoms with van der Waals surface area (Å²) >= 11 is 0. The van der Waals surface area contributed by atoms with Crippen LogP contribution in [0.25, 0.3) is 0 Å². The lowest BCUT2D eigenvalue weighted by Crippen LogP contribution is -2.35. The highest BCUT2D eigenvalue weighted by Gasteiger charge is 2.11. The van der Waals surface area contributed by atoms with E-state index in [2.05, 4.69) is 15.4 Å². The Balaban J connectivity index is 2.58. The number of nitrogens with one attached hydrogen (secondary N) is 3. The quantitative estimate of drug-likeness (QED) is 0.596. The third-order valence-corrected chi connectivity index (χ3v) is 3.80. The van der Waals surface area contributed by atoms with Crippen molar-refractivity contribution in [1.82, 2.24) is 10.0 Å². The van der Waals surface area contributed by atoms with Crippen LogP contribution >= 0.6 is 0 Å². The molecule has 0 aliphatic carbocycles. The molecule has 2 amide bonds. The Hall–Kier alpha value is -2.20. The number of carboxylic acid groups (broad SMARTS) is 1. The number of halogens is 1. The lowest BCUT2D eigenvalue weighted by atomic mass is 10.2. The molecular weight excluding hydrogens is 305 g/mol. The molecule has 0 heterocycles. The van der Waals surface area contributed by atoms with Gasteiger partial charge in [0.15, 0.2) is 0 Å². The summed E-state index contributed by atoms with van der Waals surface area (Å²) in [6, 6.07) is 2.20. The van der Waals surface area contributed by atoms with Crippen LogP contribution in [0.1, 0.15) is 10.4 Å². The highest BCUT2D eigenvalue weighted by atomic mass is 32.2. The molecule has 0 unspecified atom stereocenters. The largest absolute Gasteiger partial charge is 0.478 e. The Morgan fingerprint density at radius 2 is 2.00 bits per heavy atom. The van der Waals surface area contributed by atoms with Crippen LogP contribution in [0, 0.1) is 5.82 Å². The van der Waals surface area contributed by atoms with Crippen LogP contribution in [0.4, 0.5) is 14.9 Å². The number of hydrogen-bond donors (Lipinski definition) is 4. The fourth-order valence-electron chi connectivity index (χ4n) is 1.32. The Morgan fingerprint density at radius 3 is 2.52 bits per heavy atom. The molecule has 0 aliphatic rings. The van der Waals surface area contributed by atoms with E-state index in [0.717, 1.165) is 18.2 Å². The molecule has 0 aliphatic heterocycles. The average Bonchev–Trinajstić information content (AvgIpc) is 2.40. The van der Waals surface area contributed by atoms with Gasteiger partial charge >= 0.3 is 12.0 Å². The third-order valence-electron chi connectivity index (χ3n) is 2.43. The fraction of sp³-hybridized carbons (Fsp3) is 0.273. The number of rotatable bonds is 6. The summed E-state index contributed by atoms with van der Waals surface area (Å²) in [5.74, 6) is -2.52. The predicted molar refractivity (Wildman–Crippen MR) is 73.2 cm³/mol. The van der Waals surface area contributed by atoms with Crippen molar-refractivity contribution in [2.45, 2.75) is 0 Å². The van der Waals surface area contributed by atoms with E-state index in [1.165, 1.54) is 7.05 Å². The number of anilines is 1. The van der Waals surface area contributed by atoms with Crippen molar-refractivity contribution in [2.75, 3.05) is 24.7 Å². The maximum atomic E-state index is 13.5. The monoisotopic (exact) mass is 319 g/mol. The molecule has 4 N–H and O–H groups in total. The summed E-state index contributed by atoms with van der Waals surface area (Å²) in [5.41, 5.74) is -0.465. The molecule has 1 aromatic rings. The summed E-state index contributed by atoms with van der Waals surface area (Å²) in [4.78, 5) is 22.1. The summed E-state index contributed by atoms with van der Waals surface area (Å²) < 4.78 is 37.8. The second kappa shape index (κ2) is 6.99. The summed E-state index contributed by atoms with van der Waals surface area (Å²) in [6.45, 7) is -0.163. The summed E-state index contributed by atoms with van der Waals surface area (Å²) in [7, 11) is -2.20. The van der Waals surface area contributed by atoms with E-state index in [-0.39, 0.29) is 23.5 Å². The number of amides is 2. The highest BCUT2D eigenvalue weighted by Crippen LogP contribution is 2.15. The van der Waals surface area contributed by atoms with Gasteiger partial charge in [0, 0.05) is 6.54 Å². The van der Waals surface area contributed by atoms with E-state index in [1.54, 1.807) is 0 Å². The van der Waals surface area contributed by atoms with Crippen molar-refractivity contribution in [3.63, 3.8) is 0 Å². The lowest BCUT2D eigenvalue weighted by Gasteiger charge is -2.09. The van der Waals surface area contributed by atoms with Crippen LogP contribution in [0.5, 0.6) is 0 Å². The Kier molecular flexibility index (Phi) is 5.61. The van der Waals surface area contributed by atoms with E-state index >= 15 is 0 Å². The second-order valence-electron chi connectivity index (χ2n) is 3.90. The van der Waals surface area contributed by atoms with Gasteiger partial charge in [-0.2, -0.15) is 0 Å². The Morgan fingerprint density at radius 1 is 1.33 bits per heavy atom. The number of aromatic carboxylic acids is 1. The smallest absolute Gasteiger partial charge is 0.335 e. The maximum Gasteiger partial charge on any atom is 0.335 e. The molecule has 0 spiro atoms. The van der Waals surface area contributed by atoms with Gasteiger partial charge in [0.2, 0.25) is 10.0 Å². The first-order valence-electron chi connectivity index (χ1n) is 5.74. The van der Waals surface area contributed by atoms with Crippen molar-refractivity contribution >= 4 is 27.7 Å². The molecular formula is C11H14FN3O5S. The Labute approximate surface area is 120 Å².